The van der Waals surface area contributed by atoms with Crippen molar-refractivity contribution in [1.29, 1.82) is 0 Å². The summed E-state index contributed by atoms with van der Waals surface area (Å²) < 4.78 is 5.85. The van der Waals surface area contributed by atoms with E-state index >= 15 is 0 Å². The first kappa shape index (κ1) is 20.2. The zero-order valence-electron chi connectivity index (χ0n) is 17.2. The van der Waals surface area contributed by atoms with E-state index in [1.807, 2.05) is 18.2 Å². The second kappa shape index (κ2) is 7.76. The predicted octanol–water partition coefficient (Wildman–Crippen LogP) is 6.99. The lowest BCUT2D eigenvalue weighted by molar-refractivity contribution is -0.121. The van der Waals surface area contributed by atoms with Crippen LogP contribution in [0.1, 0.15) is 51.2 Å². The van der Waals surface area contributed by atoms with Crippen molar-refractivity contribution in [2.45, 2.75) is 51.5 Å². The number of carbonyl (C=O) groups is 1. The van der Waals surface area contributed by atoms with Crippen molar-refractivity contribution in [1.82, 2.24) is 5.32 Å². The van der Waals surface area contributed by atoms with Gasteiger partial charge in [-0.05, 0) is 105 Å². The van der Waals surface area contributed by atoms with Gasteiger partial charge in [0.05, 0.1) is 5.02 Å². The fourth-order valence-corrected chi connectivity index (χ4v) is 7.06. The first-order chi connectivity index (χ1) is 14.4. The van der Waals surface area contributed by atoms with E-state index < -0.39 is 0 Å². The van der Waals surface area contributed by atoms with Crippen molar-refractivity contribution in [3.8, 4) is 11.3 Å². The molecule has 0 aliphatic heterocycles. The number of halogens is 2. The number of hydrogen-bond acceptors (Lipinski definition) is 2. The van der Waals surface area contributed by atoms with Crippen LogP contribution in [0.25, 0.3) is 17.4 Å². The zero-order valence-corrected chi connectivity index (χ0v) is 18.7. The second-order valence-corrected chi connectivity index (χ2v) is 10.5. The van der Waals surface area contributed by atoms with Gasteiger partial charge in [0.15, 0.2) is 0 Å². The van der Waals surface area contributed by atoms with Gasteiger partial charge >= 0.3 is 0 Å². The normalized spacial score (nSPS) is 30.7. The fourth-order valence-electron chi connectivity index (χ4n) is 6.56. The lowest BCUT2D eigenvalue weighted by atomic mass is 9.48. The summed E-state index contributed by atoms with van der Waals surface area (Å²) in [4.78, 5) is 12.6. The summed E-state index contributed by atoms with van der Waals surface area (Å²) in [5, 5.41) is 4.38. The molecule has 4 aliphatic carbocycles. The molecule has 1 N–H and O–H groups in total. The quantitative estimate of drug-likeness (QED) is 0.505. The van der Waals surface area contributed by atoms with Gasteiger partial charge in [-0.1, -0.05) is 23.2 Å². The van der Waals surface area contributed by atoms with Crippen LogP contribution in [-0.2, 0) is 4.79 Å². The number of carbonyl (C=O) groups excluding carboxylic acids is 1. The van der Waals surface area contributed by atoms with Crippen molar-refractivity contribution in [3.05, 3.63) is 52.2 Å². The van der Waals surface area contributed by atoms with Gasteiger partial charge < -0.3 is 9.73 Å². The van der Waals surface area contributed by atoms with Crippen LogP contribution in [0.5, 0.6) is 0 Å². The van der Waals surface area contributed by atoms with Crippen LogP contribution in [-0.4, -0.2) is 11.9 Å². The molecule has 4 aliphatic rings. The van der Waals surface area contributed by atoms with Crippen LogP contribution in [0.3, 0.4) is 0 Å². The molecule has 5 heteroatoms. The van der Waals surface area contributed by atoms with E-state index in [1.54, 1.807) is 24.3 Å². The molecule has 1 amide bonds. The smallest absolute Gasteiger partial charge is 0.244 e. The molecule has 3 nitrogen and oxygen atoms in total. The van der Waals surface area contributed by atoms with Crippen LogP contribution in [0.2, 0.25) is 10.0 Å². The molecule has 0 radical (unpaired) electrons. The Morgan fingerprint density at radius 1 is 1.10 bits per heavy atom. The summed E-state index contributed by atoms with van der Waals surface area (Å²) >= 11 is 12.2. The van der Waals surface area contributed by atoms with E-state index in [1.165, 1.54) is 38.5 Å². The molecule has 1 heterocycles. The molecule has 30 heavy (non-hydrogen) atoms. The Bertz CT molecular complexity index is 958. The van der Waals surface area contributed by atoms with Crippen LogP contribution in [0.15, 0.2) is 40.8 Å². The Kier molecular flexibility index (Phi) is 5.23. The van der Waals surface area contributed by atoms with Crippen molar-refractivity contribution in [2.75, 3.05) is 0 Å². The van der Waals surface area contributed by atoms with E-state index in [0.29, 0.717) is 27.0 Å². The molecule has 158 valence electrons. The highest BCUT2D eigenvalue weighted by atomic mass is 35.5. The summed E-state index contributed by atoms with van der Waals surface area (Å²) in [6, 6.07) is 9.20. The monoisotopic (exact) mass is 443 g/mol. The van der Waals surface area contributed by atoms with Crippen molar-refractivity contribution >= 4 is 35.2 Å². The van der Waals surface area contributed by atoms with Crippen LogP contribution in [0, 0.1) is 23.2 Å². The Morgan fingerprint density at radius 2 is 1.77 bits per heavy atom. The highest BCUT2D eigenvalue weighted by Crippen LogP contribution is 2.61. The molecular weight excluding hydrogens is 417 g/mol. The average molecular weight is 444 g/mol. The van der Waals surface area contributed by atoms with Gasteiger partial charge in [0.2, 0.25) is 5.91 Å². The van der Waals surface area contributed by atoms with E-state index in [0.717, 1.165) is 23.3 Å². The third-order valence-corrected chi connectivity index (χ3v) is 8.13. The maximum Gasteiger partial charge on any atom is 0.244 e. The highest BCUT2D eigenvalue weighted by molar-refractivity contribution is 6.36. The summed E-state index contributed by atoms with van der Waals surface area (Å²) in [6.45, 7) is 2.20. The number of hydrogen-bond donors (Lipinski definition) is 1. The van der Waals surface area contributed by atoms with Crippen molar-refractivity contribution < 1.29 is 9.21 Å². The molecule has 2 aromatic rings. The minimum absolute atomic E-state index is 0.0549. The van der Waals surface area contributed by atoms with E-state index in [9.17, 15) is 4.79 Å². The van der Waals surface area contributed by atoms with Gasteiger partial charge in [0.25, 0.3) is 0 Å². The van der Waals surface area contributed by atoms with E-state index in [4.69, 9.17) is 27.6 Å². The molecule has 0 spiro atoms. The minimum Gasteiger partial charge on any atom is -0.457 e. The van der Waals surface area contributed by atoms with Gasteiger partial charge in [0.1, 0.15) is 11.5 Å². The zero-order chi connectivity index (χ0) is 20.9. The Morgan fingerprint density at radius 3 is 2.40 bits per heavy atom. The van der Waals surface area contributed by atoms with Gasteiger partial charge in [-0.3, -0.25) is 4.79 Å². The summed E-state index contributed by atoms with van der Waals surface area (Å²) in [6.07, 6.45) is 11.4. The topological polar surface area (TPSA) is 42.2 Å². The maximum atomic E-state index is 12.6. The fraction of sp³-hybridized carbons (Fsp3) is 0.480. The Balaban J connectivity index is 1.23. The molecule has 1 aromatic carbocycles. The molecule has 6 rings (SSSR count). The molecule has 4 bridgehead atoms. The first-order valence-electron chi connectivity index (χ1n) is 10.9. The molecular formula is C25H27Cl2NO2. The molecule has 1 atom stereocenters. The standard InChI is InChI=1S/C25H27Cl2NO2/c1-15(25-12-16-8-17(13-25)10-18(9-16)14-25)28-24(29)7-4-20-3-6-23(30-20)21-5-2-19(26)11-22(21)27/h2-7,11,15-18H,8-10,12-14H2,1H3,(H,28,29)/b7-4+/t15-,16?,17?,18?,25?/m1/s1. The summed E-state index contributed by atoms with van der Waals surface area (Å²) in [7, 11) is 0. The first-order valence-corrected chi connectivity index (χ1v) is 11.7. The third kappa shape index (κ3) is 3.83. The van der Waals surface area contributed by atoms with Crippen LogP contribution < -0.4 is 5.32 Å². The SMILES string of the molecule is C[C@@H](NC(=O)/C=C/c1ccc(-c2ccc(Cl)cc2Cl)o1)C12CC3CC(CC(C3)C1)C2. The number of benzene rings is 1. The van der Waals surface area contributed by atoms with Crippen LogP contribution in [0.4, 0.5) is 0 Å². The number of rotatable bonds is 5. The number of amides is 1. The summed E-state index contributed by atoms with van der Waals surface area (Å²) in [5.41, 5.74) is 1.09. The second-order valence-electron chi connectivity index (χ2n) is 9.67. The van der Waals surface area contributed by atoms with Gasteiger partial charge in [-0.15, -0.1) is 0 Å². The Hall–Kier alpha value is -1.71. The Labute approximate surface area is 187 Å². The minimum atomic E-state index is -0.0549. The van der Waals surface area contributed by atoms with E-state index in [2.05, 4.69) is 12.2 Å². The highest BCUT2D eigenvalue weighted by Gasteiger charge is 2.53. The maximum absolute atomic E-state index is 12.6. The van der Waals surface area contributed by atoms with Gasteiger partial charge in [0, 0.05) is 22.7 Å². The van der Waals surface area contributed by atoms with Gasteiger partial charge in [-0.25, -0.2) is 0 Å². The molecule has 0 saturated heterocycles. The van der Waals surface area contributed by atoms with Crippen molar-refractivity contribution in [3.63, 3.8) is 0 Å². The largest absolute Gasteiger partial charge is 0.457 e. The van der Waals surface area contributed by atoms with Gasteiger partial charge in [-0.2, -0.15) is 0 Å². The van der Waals surface area contributed by atoms with E-state index in [-0.39, 0.29) is 11.9 Å². The predicted molar refractivity (Wildman–Crippen MR) is 121 cm³/mol. The van der Waals surface area contributed by atoms with Crippen LogP contribution >= 0.6 is 23.2 Å². The lowest BCUT2D eigenvalue weighted by Gasteiger charge is -2.59. The third-order valence-electron chi connectivity index (χ3n) is 7.59. The molecule has 1 aromatic heterocycles. The molecule has 0 unspecified atom stereocenters. The average Bonchev–Trinajstić information content (AvgIpc) is 3.14. The summed E-state index contributed by atoms with van der Waals surface area (Å²) in [5.74, 6) is 3.86. The lowest BCUT2D eigenvalue weighted by Crippen LogP contribution is -2.55. The number of furan rings is 1. The van der Waals surface area contributed by atoms with Crippen molar-refractivity contribution in [2.24, 2.45) is 23.2 Å². The molecule has 4 fully saturated rings. The molecule has 4 saturated carbocycles. The number of nitrogens with one attached hydrogen (secondary N) is 1.